The Labute approximate surface area is 152 Å². The van der Waals surface area contributed by atoms with Crippen molar-refractivity contribution in [1.82, 2.24) is 10.6 Å². The van der Waals surface area contributed by atoms with Crippen LogP contribution in [0, 0.1) is 0 Å². The van der Waals surface area contributed by atoms with E-state index in [1.165, 1.54) is 7.11 Å². The summed E-state index contributed by atoms with van der Waals surface area (Å²) in [7, 11) is 1.49. The van der Waals surface area contributed by atoms with Crippen LogP contribution in [0.15, 0.2) is 42.5 Å². The number of phenolic OH excluding ortho intramolecular Hbond substituents is 1. The Morgan fingerprint density at radius 1 is 1.19 bits per heavy atom. The fourth-order valence-corrected chi connectivity index (χ4v) is 3.31. The van der Waals surface area contributed by atoms with Crippen LogP contribution in [0.3, 0.4) is 0 Å². The molecule has 0 radical (unpaired) electrons. The summed E-state index contributed by atoms with van der Waals surface area (Å²) in [6.07, 6.45) is 2.50. The average molecular weight is 354 g/mol. The van der Waals surface area contributed by atoms with Crippen LogP contribution < -0.4 is 15.4 Å². The molecule has 0 aromatic heterocycles. The van der Waals surface area contributed by atoms with Gasteiger partial charge in [0.15, 0.2) is 0 Å². The zero-order chi connectivity index (χ0) is 18.5. The SMILES string of the molecule is COc1ccccc1C(=O)NCC(=O)NC1CCCc2c(O)cccc21. The van der Waals surface area contributed by atoms with Crippen molar-refractivity contribution in [3.8, 4) is 11.5 Å². The number of carbonyl (C=O) groups excluding carboxylic acids is 2. The third-order valence-corrected chi connectivity index (χ3v) is 4.58. The predicted octanol–water partition coefficient (Wildman–Crippen LogP) is 2.32. The molecule has 0 heterocycles. The number of rotatable bonds is 5. The van der Waals surface area contributed by atoms with Crippen molar-refractivity contribution in [2.24, 2.45) is 0 Å². The molecule has 6 heteroatoms. The van der Waals surface area contributed by atoms with Gasteiger partial charge in [0.25, 0.3) is 5.91 Å². The van der Waals surface area contributed by atoms with E-state index < -0.39 is 0 Å². The minimum Gasteiger partial charge on any atom is -0.508 e. The lowest BCUT2D eigenvalue weighted by Gasteiger charge is -2.27. The van der Waals surface area contributed by atoms with E-state index in [1.807, 2.05) is 6.07 Å². The van der Waals surface area contributed by atoms with Gasteiger partial charge in [0.05, 0.1) is 25.3 Å². The topological polar surface area (TPSA) is 87.7 Å². The molecule has 3 N–H and O–H groups in total. The number of nitrogens with one attached hydrogen (secondary N) is 2. The summed E-state index contributed by atoms with van der Waals surface area (Å²) in [5, 5.41) is 15.5. The second-order valence-electron chi connectivity index (χ2n) is 6.24. The molecule has 1 unspecified atom stereocenters. The van der Waals surface area contributed by atoms with Crippen molar-refractivity contribution in [3.63, 3.8) is 0 Å². The number of amides is 2. The van der Waals surface area contributed by atoms with Crippen molar-refractivity contribution in [2.75, 3.05) is 13.7 Å². The quantitative estimate of drug-likeness (QED) is 0.769. The minimum atomic E-state index is -0.362. The summed E-state index contributed by atoms with van der Waals surface area (Å²) in [5.74, 6) is 0.0988. The molecule has 26 heavy (non-hydrogen) atoms. The van der Waals surface area contributed by atoms with Crippen LogP contribution in [0.5, 0.6) is 11.5 Å². The molecule has 0 spiro atoms. The number of methoxy groups -OCH3 is 1. The summed E-state index contributed by atoms with van der Waals surface area (Å²) in [5.41, 5.74) is 2.22. The third-order valence-electron chi connectivity index (χ3n) is 4.58. The van der Waals surface area contributed by atoms with E-state index in [0.717, 1.165) is 30.4 Å². The highest BCUT2D eigenvalue weighted by Crippen LogP contribution is 2.34. The Morgan fingerprint density at radius 3 is 2.81 bits per heavy atom. The molecule has 136 valence electrons. The Bertz CT molecular complexity index is 819. The molecule has 0 fully saturated rings. The molecule has 1 aliphatic carbocycles. The van der Waals surface area contributed by atoms with Gasteiger partial charge in [0.2, 0.25) is 5.91 Å². The van der Waals surface area contributed by atoms with Crippen LogP contribution >= 0.6 is 0 Å². The molecule has 6 nitrogen and oxygen atoms in total. The molecule has 2 amide bonds. The van der Waals surface area contributed by atoms with Crippen molar-refractivity contribution in [1.29, 1.82) is 0 Å². The van der Waals surface area contributed by atoms with Gasteiger partial charge < -0.3 is 20.5 Å². The maximum absolute atomic E-state index is 12.3. The van der Waals surface area contributed by atoms with Gasteiger partial charge in [-0.25, -0.2) is 0 Å². The van der Waals surface area contributed by atoms with Gasteiger partial charge in [0.1, 0.15) is 11.5 Å². The molecule has 2 aromatic rings. The molecule has 2 aromatic carbocycles. The number of carbonyl (C=O) groups is 2. The van der Waals surface area contributed by atoms with Crippen LogP contribution in [0.25, 0.3) is 0 Å². The van der Waals surface area contributed by atoms with E-state index in [2.05, 4.69) is 10.6 Å². The highest BCUT2D eigenvalue weighted by atomic mass is 16.5. The molecular formula is C20H22N2O4. The first kappa shape index (κ1) is 17.8. The van der Waals surface area contributed by atoms with Gasteiger partial charge in [-0.1, -0.05) is 24.3 Å². The first-order valence-electron chi connectivity index (χ1n) is 8.61. The summed E-state index contributed by atoms with van der Waals surface area (Å²) in [6.45, 7) is -0.123. The maximum atomic E-state index is 12.3. The van der Waals surface area contributed by atoms with Crippen molar-refractivity contribution in [2.45, 2.75) is 25.3 Å². The Kier molecular flexibility index (Phi) is 5.41. The lowest BCUT2D eigenvalue weighted by Crippen LogP contribution is -2.39. The number of ether oxygens (including phenoxy) is 1. The molecular weight excluding hydrogens is 332 g/mol. The van der Waals surface area contributed by atoms with Gasteiger partial charge in [-0.15, -0.1) is 0 Å². The highest BCUT2D eigenvalue weighted by Gasteiger charge is 2.23. The van der Waals surface area contributed by atoms with Crippen LogP contribution in [0.1, 0.15) is 40.4 Å². The smallest absolute Gasteiger partial charge is 0.255 e. The van der Waals surface area contributed by atoms with E-state index in [-0.39, 0.29) is 30.2 Å². The fraction of sp³-hybridized carbons (Fsp3) is 0.300. The monoisotopic (exact) mass is 354 g/mol. The molecule has 1 aliphatic rings. The van der Waals surface area contributed by atoms with Gasteiger partial charge in [-0.2, -0.15) is 0 Å². The van der Waals surface area contributed by atoms with Crippen LogP contribution in [0.4, 0.5) is 0 Å². The van der Waals surface area contributed by atoms with Crippen molar-refractivity contribution < 1.29 is 19.4 Å². The van der Waals surface area contributed by atoms with Gasteiger partial charge in [-0.3, -0.25) is 9.59 Å². The second kappa shape index (κ2) is 7.91. The summed E-state index contributed by atoms with van der Waals surface area (Å²) in [4.78, 5) is 24.5. The summed E-state index contributed by atoms with van der Waals surface area (Å²) >= 11 is 0. The van der Waals surface area contributed by atoms with E-state index in [9.17, 15) is 14.7 Å². The molecule has 1 atom stereocenters. The molecule has 0 bridgehead atoms. The van der Waals surface area contributed by atoms with Crippen molar-refractivity contribution in [3.05, 3.63) is 59.2 Å². The standard InChI is InChI=1S/C20H22N2O4/c1-26-18-11-3-2-6-15(18)20(25)21-12-19(24)22-16-9-4-8-14-13(16)7-5-10-17(14)23/h2-3,5-7,10-11,16,23H,4,8-9,12H2,1H3,(H,21,25)(H,22,24). The van der Waals surface area contributed by atoms with Crippen LogP contribution in [0.2, 0.25) is 0 Å². The van der Waals surface area contributed by atoms with E-state index in [1.54, 1.807) is 36.4 Å². The van der Waals surface area contributed by atoms with E-state index >= 15 is 0 Å². The zero-order valence-corrected chi connectivity index (χ0v) is 14.6. The fourth-order valence-electron chi connectivity index (χ4n) is 3.31. The number of aromatic hydroxyl groups is 1. The number of benzene rings is 2. The Hall–Kier alpha value is -3.02. The number of para-hydroxylation sites is 1. The normalized spacial score (nSPS) is 15.7. The van der Waals surface area contributed by atoms with Gasteiger partial charge in [-0.05, 0) is 48.6 Å². The van der Waals surface area contributed by atoms with Crippen LogP contribution in [-0.4, -0.2) is 30.6 Å². The first-order chi connectivity index (χ1) is 12.6. The number of hydrogen-bond acceptors (Lipinski definition) is 4. The van der Waals surface area contributed by atoms with Crippen molar-refractivity contribution >= 4 is 11.8 Å². The maximum Gasteiger partial charge on any atom is 0.255 e. The second-order valence-corrected chi connectivity index (χ2v) is 6.24. The zero-order valence-electron chi connectivity index (χ0n) is 14.6. The highest BCUT2D eigenvalue weighted by molar-refractivity contribution is 5.98. The number of phenols is 1. The third kappa shape index (κ3) is 3.79. The Morgan fingerprint density at radius 2 is 2.00 bits per heavy atom. The lowest BCUT2D eigenvalue weighted by molar-refractivity contribution is -0.121. The average Bonchev–Trinajstić information content (AvgIpc) is 2.67. The Balaban J connectivity index is 1.60. The van der Waals surface area contributed by atoms with Crippen LogP contribution in [-0.2, 0) is 11.2 Å². The minimum absolute atomic E-state index is 0.123. The largest absolute Gasteiger partial charge is 0.508 e. The first-order valence-corrected chi connectivity index (χ1v) is 8.61. The molecule has 3 rings (SSSR count). The molecule has 0 aliphatic heterocycles. The van der Waals surface area contributed by atoms with E-state index in [0.29, 0.717) is 11.3 Å². The lowest BCUT2D eigenvalue weighted by atomic mass is 9.87. The molecule has 0 saturated carbocycles. The summed E-state index contributed by atoms with van der Waals surface area (Å²) in [6, 6.07) is 12.1. The van der Waals surface area contributed by atoms with E-state index in [4.69, 9.17) is 4.74 Å². The summed E-state index contributed by atoms with van der Waals surface area (Å²) < 4.78 is 5.16. The van der Waals surface area contributed by atoms with Gasteiger partial charge >= 0.3 is 0 Å². The molecule has 0 saturated heterocycles. The number of hydrogen-bond donors (Lipinski definition) is 3. The van der Waals surface area contributed by atoms with Gasteiger partial charge in [0, 0.05) is 0 Å². The predicted molar refractivity (Wildman–Crippen MR) is 97.3 cm³/mol. The number of fused-ring (bicyclic) bond motifs is 1.